The summed E-state index contributed by atoms with van der Waals surface area (Å²) in [7, 11) is 4.60. The quantitative estimate of drug-likeness (QED) is 0.147. The number of nitrogens with one attached hydrogen (secondary N) is 2. The lowest BCUT2D eigenvalue weighted by atomic mass is 9.72. The van der Waals surface area contributed by atoms with Gasteiger partial charge in [0, 0.05) is 45.4 Å². The maximum absolute atomic E-state index is 14.2. The summed E-state index contributed by atoms with van der Waals surface area (Å²) in [5.41, 5.74) is -1.81. The maximum atomic E-state index is 14.2. The molecule has 5 aliphatic heterocycles. The van der Waals surface area contributed by atoms with Gasteiger partial charge in [0.05, 0.1) is 19.2 Å². The molecule has 1 aromatic rings. The van der Waals surface area contributed by atoms with Gasteiger partial charge < -0.3 is 43.9 Å². The molecule has 1 aliphatic carbocycles. The minimum atomic E-state index is -1.82. The Kier molecular flexibility index (Phi) is 17.3. The number of amides is 3. The molecule has 64 heavy (non-hydrogen) atoms. The molecule has 3 amide bonds. The maximum Gasteiger partial charge on any atom is 0.409 e. The van der Waals surface area contributed by atoms with Crippen LogP contribution in [0.25, 0.3) is 0 Å². The first-order chi connectivity index (χ1) is 30.5. The number of benzene rings is 1. The molecule has 1 unspecified atom stereocenters. The van der Waals surface area contributed by atoms with Gasteiger partial charge in [0.2, 0.25) is 11.8 Å². The molecule has 4 fully saturated rings. The molecule has 1 aromatic carbocycles. The summed E-state index contributed by atoms with van der Waals surface area (Å²) in [5, 5.41) is 18.0. The number of anilines is 1. The molecule has 3 saturated heterocycles. The van der Waals surface area contributed by atoms with Crippen molar-refractivity contribution in [3.05, 3.63) is 46.5 Å². The highest BCUT2D eigenvalue weighted by Crippen LogP contribution is 2.50. The molecule has 7 rings (SSSR count). The zero-order valence-corrected chi connectivity index (χ0v) is 39.8. The van der Waals surface area contributed by atoms with Crippen LogP contribution in [0.4, 0.5) is 10.5 Å². The molecular weight excluding hydrogens is 840 g/mol. The number of unbranched alkanes of at least 4 members (excludes halogenated alkanes) is 2. The average Bonchev–Trinajstić information content (AvgIpc) is 3.38. The molecule has 0 spiro atoms. The summed E-state index contributed by atoms with van der Waals surface area (Å²) in [6.07, 6.45) is 16.1. The van der Waals surface area contributed by atoms with Crippen LogP contribution in [0.3, 0.4) is 0 Å². The van der Waals surface area contributed by atoms with Gasteiger partial charge in [-0.15, -0.1) is 0 Å². The van der Waals surface area contributed by atoms with E-state index in [9.17, 15) is 24.3 Å². The topological polar surface area (TPSA) is 165 Å². The number of piperidine rings is 1. The SMILES string of the molecule is COc1cc2cc(c1Cl)N(C)C(=O)C[C@H](OC(=O)CCCCCN1CCC(C(=O)NC3CCCCCCCC3)CC1)[C@@]1(C)CC(C)(O1)[C@@H]1C[C@@](O)(NC(=O)O1)[C@H](OC)/C=C/C=C(\C)C2. The lowest BCUT2D eigenvalue weighted by Gasteiger charge is -2.59. The lowest BCUT2D eigenvalue weighted by molar-refractivity contribution is -0.328. The number of allylic oxidation sites excluding steroid dienone is 3. The summed E-state index contributed by atoms with van der Waals surface area (Å²) in [6, 6.07) is 3.98. The average molecular weight is 914 g/mol. The van der Waals surface area contributed by atoms with Crippen molar-refractivity contribution in [3.63, 3.8) is 0 Å². The number of ether oxygens (including phenoxy) is 5. The molecule has 5 heterocycles. The number of fused-ring (bicyclic) bond motifs is 6. The molecule has 6 aliphatic rings. The predicted molar refractivity (Wildman–Crippen MR) is 245 cm³/mol. The fourth-order valence-corrected chi connectivity index (χ4v) is 10.7. The fourth-order valence-electron chi connectivity index (χ4n) is 10.4. The number of methoxy groups -OCH3 is 2. The highest BCUT2D eigenvalue weighted by Gasteiger charge is 2.63. The molecule has 356 valence electrons. The smallest absolute Gasteiger partial charge is 0.409 e. The Morgan fingerprint density at radius 1 is 0.984 bits per heavy atom. The van der Waals surface area contributed by atoms with E-state index in [1.165, 1.54) is 57.6 Å². The second-order valence-electron chi connectivity index (χ2n) is 19.4. The Morgan fingerprint density at radius 3 is 2.34 bits per heavy atom. The van der Waals surface area contributed by atoms with Crippen molar-refractivity contribution in [1.82, 2.24) is 15.5 Å². The Hall–Kier alpha value is -3.69. The van der Waals surface area contributed by atoms with Crippen molar-refractivity contribution in [2.75, 3.05) is 45.8 Å². The number of carbonyl (C=O) groups excluding carboxylic acids is 4. The van der Waals surface area contributed by atoms with Gasteiger partial charge in [-0.3, -0.25) is 19.7 Å². The predicted octanol–water partition coefficient (Wildman–Crippen LogP) is 7.70. The van der Waals surface area contributed by atoms with Gasteiger partial charge in [0.25, 0.3) is 0 Å². The van der Waals surface area contributed by atoms with Gasteiger partial charge in [0.15, 0.2) is 5.72 Å². The first-order valence-corrected chi connectivity index (χ1v) is 24.1. The van der Waals surface area contributed by atoms with Crippen molar-refractivity contribution in [3.8, 4) is 5.75 Å². The number of halogens is 1. The molecule has 6 bridgehead atoms. The molecule has 14 nitrogen and oxygen atoms in total. The molecule has 3 N–H and O–H groups in total. The van der Waals surface area contributed by atoms with Crippen molar-refractivity contribution in [2.45, 2.75) is 178 Å². The fraction of sp³-hybridized carbons (Fsp3) is 0.714. The number of hydrogen-bond acceptors (Lipinski definition) is 11. The van der Waals surface area contributed by atoms with Crippen LogP contribution >= 0.6 is 11.6 Å². The van der Waals surface area contributed by atoms with E-state index in [-0.39, 0.29) is 48.4 Å². The zero-order valence-electron chi connectivity index (χ0n) is 39.0. The Morgan fingerprint density at radius 2 is 1.67 bits per heavy atom. The number of nitrogens with zero attached hydrogens (tertiary/aromatic N) is 2. The van der Waals surface area contributed by atoms with E-state index in [1.807, 2.05) is 25.1 Å². The molecule has 15 heteroatoms. The van der Waals surface area contributed by atoms with E-state index in [1.54, 1.807) is 33.0 Å². The summed E-state index contributed by atoms with van der Waals surface area (Å²) in [4.78, 5) is 57.8. The summed E-state index contributed by atoms with van der Waals surface area (Å²) < 4.78 is 29.8. The van der Waals surface area contributed by atoms with E-state index >= 15 is 0 Å². The third-order valence-corrected chi connectivity index (χ3v) is 14.5. The van der Waals surface area contributed by atoms with Crippen LogP contribution < -0.4 is 20.3 Å². The number of alkyl carbamates (subject to hydrolysis) is 1. The third kappa shape index (κ3) is 12.6. The number of hydrogen-bond donors (Lipinski definition) is 3. The first kappa shape index (κ1) is 49.7. The van der Waals surface area contributed by atoms with Gasteiger partial charge in [-0.2, -0.15) is 0 Å². The van der Waals surface area contributed by atoms with Crippen molar-refractivity contribution in [2.24, 2.45) is 5.92 Å². The number of esters is 1. The largest absolute Gasteiger partial charge is 0.495 e. The van der Waals surface area contributed by atoms with Gasteiger partial charge >= 0.3 is 12.1 Å². The van der Waals surface area contributed by atoms with Gasteiger partial charge in [-0.1, -0.05) is 80.3 Å². The highest BCUT2D eigenvalue weighted by molar-refractivity contribution is 6.35. The number of carbonyl (C=O) groups is 4. The Balaban J connectivity index is 1.08. The molecule has 6 atom stereocenters. The second kappa shape index (κ2) is 22.2. The van der Waals surface area contributed by atoms with Crippen LogP contribution in [0.2, 0.25) is 5.02 Å². The Labute approximate surface area is 385 Å². The monoisotopic (exact) mass is 913 g/mol. The Bertz CT molecular complexity index is 1850. The van der Waals surface area contributed by atoms with Crippen LogP contribution in [0.1, 0.15) is 135 Å². The van der Waals surface area contributed by atoms with Gasteiger partial charge in [0.1, 0.15) is 40.3 Å². The van der Waals surface area contributed by atoms with E-state index in [4.69, 9.17) is 35.3 Å². The molecule has 1 saturated carbocycles. The molecular formula is C49H73ClN4O10. The second-order valence-corrected chi connectivity index (χ2v) is 19.8. The van der Waals surface area contributed by atoms with E-state index in [2.05, 4.69) is 15.5 Å². The lowest BCUT2D eigenvalue weighted by Crippen LogP contribution is -2.72. The standard InChI is InChI=1S/C49H73ClN4O10/c1-33-17-16-20-39(61-6)49(59)31-41(63-46(58)52-49)48(3)32-47(2,64-48)40(30-42(55)53(4)37-28-34(27-33)29-38(60-5)44(37)50)62-43(56)21-14-11-15-24-54-25-22-35(23-26-54)45(57)51-36-18-12-9-7-8-10-13-19-36/h16-17,20,28-29,35-36,39-41,59H,7-15,18-19,21-27,30-32H2,1-6H3,(H,51,57)(H,52,58)/b20-16+,33-17+/t39-,40+,41+,47-,48?,49+/m1/s1. The zero-order chi connectivity index (χ0) is 46.1. The van der Waals surface area contributed by atoms with E-state index in [0.717, 1.165) is 69.3 Å². The van der Waals surface area contributed by atoms with Crippen LogP contribution in [0, 0.1) is 5.92 Å². The van der Waals surface area contributed by atoms with Crippen molar-refractivity contribution >= 4 is 41.2 Å². The minimum Gasteiger partial charge on any atom is -0.495 e. The van der Waals surface area contributed by atoms with Crippen LogP contribution in [-0.2, 0) is 39.8 Å². The first-order valence-electron chi connectivity index (χ1n) is 23.7. The van der Waals surface area contributed by atoms with Crippen LogP contribution in [0.5, 0.6) is 5.75 Å². The van der Waals surface area contributed by atoms with Crippen molar-refractivity contribution < 1.29 is 48.0 Å². The normalized spacial score (nSPS) is 31.7. The third-order valence-electron chi connectivity index (χ3n) is 14.2. The van der Waals surface area contributed by atoms with Crippen LogP contribution in [-0.4, -0.2) is 116 Å². The number of aliphatic hydroxyl groups is 1. The number of rotatable bonds is 11. The van der Waals surface area contributed by atoms with E-state index in [0.29, 0.717) is 30.3 Å². The summed E-state index contributed by atoms with van der Waals surface area (Å²) in [5.74, 6) is -0.0830. The van der Waals surface area contributed by atoms with Crippen molar-refractivity contribution in [1.29, 1.82) is 0 Å². The van der Waals surface area contributed by atoms with Crippen LogP contribution in [0.15, 0.2) is 35.9 Å². The molecule has 0 aromatic heterocycles. The van der Waals surface area contributed by atoms with Gasteiger partial charge in [-0.05, 0) is 103 Å². The van der Waals surface area contributed by atoms with Gasteiger partial charge in [-0.25, -0.2) is 4.79 Å². The van der Waals surface area contributed by atoms with E-state index < -0.39 is 47.3 Å². The summed E-state index contributed by atoms with van der Waals surface area (Å²) >= 11 is 6.82. The number of likely N-dealkylation sites (tertiary alicyclic amines) is 1. The highest BCUT2D eigenvalue weighted by atomic mass is 35.5. The summed E-state index contributed by atoms with van der Waals surface area (Å²) in [6.45, 7) is 8.21. The molecule has 0 radical (unpaired) electrons. The minimum absolute atomic E-state index is 0.0547.